The van der Waals surface area contributed by atoms with Gasteiger partial charge in [0.25, 0.3) is 5.91 Å². The highest BCUT2D eigenvalue weighted by atomic mass is 16.5. The number of nitrogens with one attached hydrogen (secondary N) is 1. The molecule has 1 aromatic heterocycles. The Hall–Kier alpha value is -3.35. The standard InChI is InChI=1S/C23H24N4O3/c1-30-21-9-18-19(10-20(21)28)25-13-26-22(18)27-7-6-15-8-16(4-5-17(15)12-27)23(29)24-11-14-2-3-14/h4-5,8-10,13-14,28H,2-3,6-7,11-12H2,1H3,(H,24,29). The van der Waals surface area contributed by atoms with Gasteiger partial charge in [0.05, 0.1) is 12.6 Å². The Morgan fingerprint density at radius 1 is 1.23 bits per heavy atom. The van der Waals surface area contributed by atoms with E-state index in [-0.39, 0.29) is 11.7 Å². The predicted octanol–water partition coefficient (Wildman–Crippen LogP) is 3.05. The number of fused-ring (bicyclic) bond motifs is 2. The molecule has 2 N–H and O–H groups in total. The van der Waals surface area contributed by atoms with Crippen LogP contribution in [0.3, 0.4) is 0 Å². The molecule has 0 unspecified atom stereocenters. The summed E-state index contributed by atoms with van der Waals surface area (Å²) in [6.45, 7) is 2.27. The third kappa shape index (κ3) is 3.51. The Labute approximate surface area is 174 Å². The molecule has 1 saturated carbocycles. The van der Waals surface area contributed by atoms with E-state index in [1.54, 1.807) is 12.1 Å². The van der Waals surface area contributed by atoms with Crippen LogP contribution in [0, 0.1) is 5.92 Å². The van der Waals surface area contributed by atoms with Crippen LogP contribution in [0.1, 0.15) is 34.3 Å². The fourth-order valence-electron chi connectivity index (χ4n) is 4.01. The fraction of sp³-hybridized carbons (Fsp3) is 0.348. The minimum atomic E-state index is 0.0147. The number of anilines is 1. The van der Waals surface area contributed by atoms with Gasteiger partial charge in [-0.25, -0.2) is 9.97 Å². The second-order valence-corrected chi connectivity index (χ2v) is 8.05. The molecule has 1 fully saturated rings. The van der Waals surface area contributed by atoms with Crippen molar-refractivity contribution in [3.63, 3.8) is 0 Å². The fourth-order valence-corrected chi connectivity index (χ4v) is 4.01. The van der Waals surface area contributed by atoms with E-state index >= 15 is 0 Å². The van der Waals surface area contributed by atoms with Gasteiger partial charge < -0.3 is 20.1 Å². The summed E-state index contributed by atoms with van der Waals surface area (Å²) < 4.78 is 5.26. The topological polar surface area (TPSA) is 87.6 Å². The lowest BCUT2D eigenvalue weighted by atomic mass is 9.96. The van der Waals surface area contributed by atoms with E-state index in [1.165, 1.54) is 37.4 Å². The molecule has 0 radical (unpaired) electrons. The molecule has 0 saturated heterocycles. The summed E-state index contributed by atoms with van der Waals surface area (Å²) in [4.78, 5) is 23.4. The Morgan fingerprint density at radius 2 is 2.10 bits per heavy atom. The summed E-state index contributed by atoms with van der Waals surface area (Å²) in [5.41, 5.74) is 3.80. The molecule has 0 bridgehead atoms. The van der Waals surface area contributed by atoms with Crippen molar-refractivity contribution in [2.24, 2.45) is 5.92 Å². The molecule has 7 nitrogen and oxygen atoms in total. The Kier molecular flexibility index (Phi) is 4.65. The van der Waals surface area contributed by atoms with Crippen molar-refractivity contribution in [2.45, 2.75) is 25.8 Å². The third-order valence-electron chi connectivity index (χ3n) is 5.94. The second-order valence-electron chi connectivity index (χ2n) is 8.05. The number of nitrogens with zero attached hydrogens (tertiary/aromatic N) is 3. The largest absolute Gasteiger partial charge is 0.504 e. The molecule has 3 aromatic rings. The van der Waals surface area contributed by atoms with Gasteiger partial charge in [0.15, 0.2) is 11.5 Å². The molecule has 0 atom stereocenters. The van der Waals surface area contributed by atoms with E-state index in [0.717, 1.165) is 36.3 Å². The Balaban J connectivity index is 1.40. The molecule has 2 aromatic carbocycles. The van der Waals surface area contributed by atoms with Gasteiger partial charge in [0.1, 0.15) is 12.1 Å². The van der Waals surface area contributed by atoms with Crippen LogP contribution >= 0.6 is 0 Å². The van der Waals surface area contributed by atoms with E-state index < -0.39 is 0 Å². The van der Waals surface area contributed by atoms with Gasteiger partial charge in [0.2, 0.25) is 0 Å². The van der Waals surface area contributed by atoms with Gasteiger partial charge in [-0.05, 0) is 54.5 Å². The van der Waals surface area contributed by atoms with Crippen LogP contribution in [0.25, 0.3) is 10.9 Å². The highest BCUT2D eigenvalue weighted by Crippen LogP contribution is 2.35. The number of methoxy groups -OCH3 is 1. The number of phenolic OH excluding ortho intramolecular Hbond substituents is 1. The number of aromatic hydroxyl groups is 1. The number of aromatic nitrogens is 2. The van der Waals surface area contributed by atoms with Crippen LogP contribution < -0.4 is 15.0 Å². The Morgan fingerprint density at radius 3 is 2.90 bits per heavy atom. The zero-order valence-electron chi connectivity index (χ0n) is 16.9. The quantitative estimate of drug-likeness (QED) is 0.680. The second kappa shape index (κ2) is 7.48. The monoisotopic (exact) mass is 404 g/mol. The average molecular weight is 404 g/mol. The molecule has 2 heterocycles. The number of carbonyl (C=O) groups is 1. The molecule has 5 rings (SSSR count). The maximum Gasteiger partial charge on any atom is 0.251 e. The highest BCUT2D eigenvalue weighted by Gasteiger charge is 2.24. The molecule has 1 amide bonds. The van der Waals surface area contributed by atoms with Gasteiger partial charge in [0, 0.05) is 36.7 Å². The summed E-state index contributed by atoms with van der Waals surface area (Å²) in [5, 5.41) is 13.9. The van der Waals surface area contributed by atoms with E-state index in [1.807, 2.05) is 18.2 Å². The summed E-state index contributed by atoms with van der Waals surface area (Å²) >= 11 is 0. The maximum atomic E-state index is 12.4. The number of rotatable bonds is 5. The molecule has 0 spiro atoms. The van der Waals surface area contributed by atoms with Crippen molar-refractivity contribution >= 4 is 22.6 Å². The van der Waals surface area contributed by atoms with Crippen LogP contribution in [0.4, 0.5) is 5.82 Å². The van der Waals surface area contributed by atoms with Crippen molar-refractivity contribution in [1.82, 2.24) is 15.3 Å². The van der Waals surface area contributed by atoms with Gasteiger partial charge in [-0.1, -0.05) is 6.07 Å². The van der Waals surface area contributed by atoms with Crippen molar-refractivity contribution in [2.75, 3.05) is 25.1 Å². The zero-order valence-corrected chi connectivity index (χ0v) is 16.9. The van der Waals surface area contributed by atoms with Crippen molar-refractivity contribution in [3.8, 4) is 11.5 Å². The van der Waals surface area contributed by atoms with Crippen LogP contribution in [-0.4, -0.2) is 41.2 Å². The molecule has 7 heteroatoms. The summed E-state index contributed by atoms with van der Waals surface area (Å²) in [5.74, 6) is 1.96. The van der Waals surface area contributed by atoms with Gasteiger partial charge in [-0.3, -0.25) is 4.79 Å². The lowest BCUT2D eigenvalue weighted by Gasteiger charge is -2.30. The normalized spacial score (nSPS) is 15.7. The lowest BCUT2D eigenvalue weighted by molar-refractivity contribution is 0.0951. The molecule has 1 aliphatic heterocycles. The molecule has 30 heavy (non-hydrogen) atoms. The smallest absolute Gasteiger partial charge is 0.251 e. The van der Waals surface area contributed by atoms with E-state index in [2.05, 4.69) is 20.2 Å². The van der Waals surface area contributed by atoms with E-state index in [9.17, 15) is 9.90 Å². The number of phenols is 1. The third-order valence-corrected chi connectivity index (χ3v) is 5.94. The zero-order chi connectivity index (χ0) is 20.7. The summed E-state index contributed by atoms with van der Waals surface area (Å²) in [7, 11) is 1.53. The maximum absolute atomic E-state index is 12.4. The average Bonchev–Trinajstić information content (AvgIpc) is 3.60. The van der Waals surface area contributed by atoms with Gasteiger partial charge >= 0.3 is 0 Å². The summed E-state index contributed by atoms with van der Waals surface area (Å²) in [6, 6.07) is 9.35. The minimum Gasteiger partial charge on any atom is -0.504 e. The number of ether oxygens (including phenoxy) is 1. The number of amides is 1. The molecular formula is C23H24N4O3. The highest BCUT2D eigenvalue weighted by molar-refractivity contribution is 5.95. The van der Waals surface area contributed by atoms with Crippen molar-refractivity contribution in [3.05, 3.63) is 53.3 Å². The number of carbonyl (C=O) groups excluding carboxylic acids is 1. The molecule has 154 valence electrons. The van der Waals surface area contributed by atoms with Crippen LogP contribution in [-0.2, 0) is 13.0 Å². The van der Waals surface area contributed by atoms with Gasteiger partial charge in [-0.15, -0.1) is 0 Å². The van der Waals surface area contributed by atoms with Crippen molar-refractivity contribution in [1.29, 1.82) is 0 Å². The first-order valence-corrected chi connectivity index (χ1v) is 10.3. The Bertz CT molecular complexity index is 1130. The minimum absolute atomic E-state index is 0.0147. The van der Waals surface area contributed by atoms with E-state index in [0.29, 0.717) is 23.7 Å². The first-order chi connectivity index (χ1) is 14.6. The van der Waals surface area contributed by atoms with E-state index in [4.69, 9.17) is 4.74 Å². The van der Waals surface area contributed by atoms with Crippen LogP contribution in [0.5, 0.6) is 11.5 Å². The number of hydrogen-bond acceptors (Lipinski definition) is 6. The first kappa shape index (κ1) is 18.7. The van der Waals surface area contributed by atoms with Crippen molar-refractivity contribution < 1.29 is 14.6 Å². The first-order valence-electron chi connectivity index (χ1n) is 10.3. The summed E-state index contributed by atoms with van der Waals surface area (Å²) in [6.07, 6.45) is 4.80. The SMILES string of the molecule is COc1cc2c(N3CCc4cc(C(=O)NCC5CC5)ccc4C3)ncnc2cc1O. The molecule has 2 aliphatic rings. The molecule has 1 aliphatic carbocycles. The number of hydrogen-bond donors (Lipinski definition) is 2. The van der Waals surface area contributed by atoms with Gasteiger partial charge in [-0.2, -0.15) is 0 Å². The predicted molar refractivity (Wildman–Crippen MR) is 114 cm³/mol. The lowest BCUT2D eigenvalue weighted by Crippen LogP contribution is -2.32. The number of benzene rings is 2. The molecular weight excluding hydrogens is 380 g/mol. The van der Waals surface area contributed by atoms with Crippen LogP contribution in [0.15, 0.2) is 36.7 Å². The van der Waals surface area contributed by atoms with Crippen LogP contribution in [0.2, 0.25) is 0 Å².